The predicted octanol–water partition coefficient (Wildman–Crippen LogP) is 4.20. The van der Waals surface area contributed by atoms with E-state index in [1.165, 1.54) is 5.56 Å². The van der Waals surface area contributed by atoms with Crippen molar-refractivity contribution in [1.82, 2.24) is 20.4 Å². The summed E-state index contributed by atoms with van der Waals surface area (Å²) in [6.45, 7) is 15.7. The Morgan fingerprint density at radius 3 is 2.52 bits per heavy atom. The third kappa shape index (κ3) is 8.68. The van der Waals surface area contributed by atoms with Crippen LogP contribution in [0.5, 0.6) is 5.75 Å². The van der Waals surface area contributed by atoms with Crippen molar-refractivity contribution >= 4 is 29.9 Å². The van der Waals surface area contributed by atoms with Gasteiger partial charge in [-0.3, -0.25) is 4.68 Å². The molecule has 2 aromatic rings. The lowest BCUT2D eigenvalue weighted by Crippen LogP contribution is -2.37. The van der Waals surface area contributed by atoms with Crippen molar-refractivity contribution in [3.05, 3.63) is 46.8 Å². The van der Waals surface area contributed by atoms with Crippen LogP contribution in [0.15, 0.2) is 29.3 Å². The van der Waals surface area contributed by atoms with Gasteiger partial charge in [-0.1, -0.05) is 18.2 Å². The van der Waals surface area contributed by atoms with Crippen LogP contribution >= 0.6 is 24.0 Å². The summed E-state index contributed by atoms with van der Waals surface area (Å²) in [5.41, 5.74) is 4.17. The van der Waals surface area contributed by atoms with Crippen molar-refractivity contribution in [2.24, 2.45) is 4.99 Å². The number of nitrogens with zero attached hydrogens (tertiary/aromatic N) is 3. The van der Waals surface area contributed by atoms with E-state index >= 15 is 0 Å². The third-order valence-corrected chi connectivity index (χ3v) is 4.61. The summed E-state index contributed by atoms with van der Waals surface area (Å²) in [5.74, 6) is 1.64. The van der Waals surface area contributed by atoms with E-state index in [0.29, 0.717) is 19.7 Å². The summed E-state index contributed by atoms with van der Waals surface area (Å²) in [7, 11) is 1.71. The number of hydrogen-bond donors (Lipinski definition) is 2. The number of guanidine groups is 1. The van der Waals surface area contributed by atoms with Crippen LogP contribution in [0.3, 0.4) is 0 Å². The molecule has 0 atom stereocenters. The van der Waals surface area contributed by atoms with E-state index in [-0.39, 0.29) is 29.6 Å². The predicted molar refractivity (Wildman–Crippen MR) is 137 cm³/mol. The molecule has 1 aromatic heterocycles. The molecule has 1 aromatic carbocycles. The van der Waals surface area contributed by atoms with Crippen molar-refractivity contribution < 1.29 is 9.47 Å². The molecule has 0 bridgehead atoms. The first kappa shape index (κ1) is 27.2. The maximum atomic E-state index is 6.09. The Morgan fingerprint density at radius 2 is 1.87 bits per heavy atom. The van der Waals surface area contributed by atoms with E-state index in [2.05, 4.69) is 56.4 Å². The Morgan fingerprint density at radius 1 is 1.16 bits per heavy atom. The lowest BCUT2D eigenvalue weighted by atomic mass is 10.1. The summed E-state index contributed by atoms with van der Waals surface area (Å²) in [4.78, 5) is 4.77. The van der Waals surface area contributed by atoms with Crippen molar-refractivity contribution in [3.8, 4) is 5.75 Å². The molecule has 0 aliphatic heterocycles. The van der Waals surface area contributed by atoms with Crippen LogP contribution in [-0.2, 0) is 24.4 Å². The number of halogens is 1. The molecule has 2 rings (SSSR count). The van der Waals surface area contributed by atoms with Gasteiger partial charge >= 0.3 is 0 Å². The van der Waals surface area contributed by atoms with Crippen LogP contribution < -0.4 is 15.4 Å². The minimum absolute atomic E-state index is 0. The van der Waals surface area contributed by atoms with Crippen LogP contribution in [0.25, 0.3) is 0 Å². The van der Waals surface area contributed by atoms with Gasteiger partial charge in [0, 0.05) is 37.0 Å². The molecule has 8 heteroatoms. The topological polar surface area (TPSA) is 72.7 Å². The molecule has 0 spiro atoms. The number of para-hydroxylation sites is 1. The minimum atomic E-state index is -0.249. The smallest absolute Gasteiger partial charge is 0.191 e. The zero-order chi connectivity index (χ0) is 22.1. The number of ether oxygens (including phenoxy) is 2. The molecule has 0 aliphatic carbocycles. The quantitative estimate of drug-likeness (QED) is 0.282. The maximum Gasteiger partial charge on any atom is 0.191 e. The molecular formula is C23H38IN5O2. The third-order valence-electron chi connectivity index (χ3n) is 4.61. The summed E-state index contributed by atoms with van der Waals surface area (Å²) < 4.78 is 13.3. The Hall–Kier alpha value is -1.81. The largest absolute Gasteiger partial charge is 0.488 e. The van der Waals surface area contributed by atoms with Crippen LogP contribution in [0.4, 0.5) is 0 Å². The molecule has 2 N–H and O–H groups in total. The van der Waals surface area contributed by atoms with Gasteiger partial charge in [-0.2, -0.15) is 5.10 Å². The fourth-order valence-corrected chi connectivity index (χ4v) is 3.13. The van der Waals surface area contributed by atoms with E-state index in [1.54, 1.807) is 7.11 Å². The van der Waals surface area contributed by atoms with Crippen LogP contribution in [0, 0.1) is 13.8 Å². The molecule has 0 fully saturated rings. The number of nitrogens with one attached hydrogen (secondary N) is 2. The second kappa shape index (κ2) is 12.9. The summed E-state index contributed by atoms with van der Waals surface area (Å²) >= 11 is 0. The molecule has 0 unspecified atom stereocenters. The fraction of sp³-hybridized carbons (Fsp3) is 0.565. The van der Waals surface area contributed by atoms with Gasteiger partial charge in [0.2, 0.25) is 0 Å². The van der Waals surface area contributed by atoms with Crippen molar-refractivity contribution in [2.45, 2.75) is 66.8 Å². The van der Waals surface area contributed by atoms with Gasteiger partial charge in [0.05, 0.1) is 25.4 Å². The molecule has 0 aliphatic rings. The highest BCUT2D eigenvalue weighted by molar-refractivity contribution is 14.0. The number of rotatable bonds is 9. The molecule has 0 saturated heterocycles. The highest BCUT2D eigenvalue weighted by atomic mass is 127. The number of methoxy groups -OCH3 is 1. The van der Waals surface area contributed by atoms with Gasteiger partial charge in [-0.25, -0.2) is 4.99 Å². The molecule has 31 heavy (non-hydrogen) atoms. The standard InChI is InChI=1S/C23H37N5O2.HI/c1-8-24-22(25-15-19-11-9-10-12-21(19)30-23(4,5)6)26-16-20-17(2)27-28(18(20)3)13-14-29-7;/h9-12H,8,13-16H2,1-7H3,(H2,24,25,26);1H. The zero-order valence-electron chi connectivity index (χ0n) is 19.9. The SMILES string of the molecule is CCNC(=NCc1ccccc1OC(C)(C)C)NCc1c(C)nn(CCOC)c1C.I. The maximum absolute atomic E-state index is 6.09. The lowest BCUT2D eigenvalue weighted by Gasteiger charge is -2.23. The number of benzene rings is 1. The second-order valence-electron chi connectivity index (χ2n) is 8.24. The first-order chi connectivity index (χ1) is 14.2. The molecular weight excluding hydrogens is 505 g/mol. The van der Waals surface area contributed by atoms with Gasteiger partial charge in [0.15, 0.2) is 5.96 Å². The van der Waals surface area contributed by atoms with Crippen LogP contribution in [-0.4, -0.2) is 41.6 Å². The number of aliphatic imine (C=N–C) groups is 1. The molecule has 174 valence electrons. The monoisotopic (exact) mass is 543 g/mol. The van der Waals surface area contributed by atoms with E-state index < -0.39 is 0 Å². The lowest BCUT2D eigenvalue weighted by molar-refractivity contribution is 0.129. The molecule has 0 saturated carbocycles. The normalized spacial score (nSPS) is 11.8. The van der Waals surface area contributed by atoms with Gasteiger partial charge < -0.3 is 20.1 Å². The minimum Gasteiger partial charge on any atom is -0.488 e. The second-order valence-corrected chi connectivity index (χ2v) is 8.24. The van der Waals surface area contributed by atoms with E-state index in [9.17, 15) is 0 Å². The highest BCUT2D eigenvalue weighted by Gasteiger charge is 2.15. The first-order valence-electron chi connectivity index (χ1n) is 10.6. The van der Waals surface area contributed by atoms with Crippen molar-refractivity contribution in [3.63, 3.8) is 0 Å². The molecule has 7 nitrogen and oxygen atoms in total. The number of aryl methyl sites for hydroxylation is 1. The number of hydrogen-bond acceptors (Lipinski definition) is 4. The van der Waals surface area contributed by atoms with Gasteiger partial charge in [-0.05, 0) is 47.6 Å². The van der Waals surface area contributed by atoms with Crippen LogP contribution in [0.1, 0.15) is 50.2 Å². The van der Waals surface area contributed by atoms with E-state index in [4.69, 9.17) is 14.5 Å². The van der Waals surface area contributed by atoms with Crippen molar-refractivity contribution in [1.29, 1.82) is 0 Å². The zero-order valence-corrected chi connectivity index (χ0v) is 22.2. The number of aromatic nitrogens is 2. The molecule has 0 radical (unpaired) electrons. The summed E-state index contributed by atoms with van der Waals surface area (Å²) in [6, 6.07) is 8.06. The summed E-state index contributed by atoms with van der Waals surface area (Å²) in [5, 5.41) is 11.4. The van der Waals surface area contributed by atoms with Gasteiger partial charge in [-0.15, -0.1) is 24.0 Å². The van der Waals surface area contributed by atoms with Gasteiger partial charge in [0.25, 0.3) is 0 Å². The van der Waals surface area contributed by atoms with Crippen molar-refractivity contribution in [2.75, 3.05) is 20.3 Å². The first-order valence-corrected chi connectivity index (χ1v) is 10.6. The average Bonchev–Trinajstić information content (AvgIpc) is 2.95. The average molecular weight is 543 g/mol. The Bertz CT molecular complexity index is 843. The van der Waals surface area contributed by atoms with E-state index in [0.717, 1.165) is 41.7 Å². The van der Waals surface area contributed by atoms with E-state index in [1.807, 2.05) is 29.8 Å². The Kier molecular flexibility index (Phi) is 11.3. The summed E-state index contributed by atoms with van der Waals surface area (Å²) in [6.07, 6.45) is 0. The molecule has 1 heterocycles. The van der Waals surface area contributed by atoms with Gasteiger partial charge in [0.1, 0.15) is 11.4 Å². The van der Waals surface area contributed by atoms with Crippen LogP contribution in [0.2, 0.25) is 0 Å². The molecule has 0 amide bonds. The Labute approximate surface area is 204 Å². The fourth-order valence-electron chi connectivity index (χ4n) is 3.13. The highest BCUT2D eigenvalue weighted by Crippen LogP contribution is 2.23. The Balaban J connectivity index is 0.00000480.